The molecule has 4 unspecified atom stereocenters. The summed E-state index contributed by atoms with van der Waals surface area (Å²) in [5.74, 6) is 2.51. The minimum absolute atomic E-state index is 0.291. The average molecular weight is 121 g/mol. The first-order chi connectivity index (χ1) is 4.31. The van der Waals surface area contributed by atoms with Crippen molar-refractivity contribution < 1.29 is 0 Å². The van der Waals surface area contributed by atoms with Crippen molar-refractivity contribution >= 4 is 0 Å². The van der Waals surface area contributed by atoms with Gasteiger partial charge in [0.1, 0.15) is 0 Å². The summed E-state index contributed by atoms with van der Waals surface area (Å²) < 4.78 is 0. The molecule has 2 saturated carbocycles. The van der Waals surface area contributed by atoms with Crippen molar-refractivity contribution in [1.29, 1.82) is 0 Å². The zero-order valence-corrected chi connectivity index (χ0v) is 5.38. The molecule has 0 aromatic carbocycles. The van der Waals surface area contributed by atoms with E-state index in [1.54, 1.807) is 0 Å². The summed E-state index contributed by atoms with van der Waals surface area (Å²) in [7, 11) is 0. The molecular formula is C8H11N. The third kappa shape index (κ3) is 0.326. The predicted molar refractivity (Wildman–Crippen MR) is 35.8 cm³/mol. The van der Waals surface area contributed by atoms with Crippen LogP contribution in [-0.4, -0.2) is 5.54 Å². The molecule has 3 rings (SSSR count). The summed E-state index contributed by atoms with van der Waals surface area (Å²) in [5.41, 5.74) is 6.38. The maximum absolute atomic E-state index is 6.09. The highest BCUT2D eigenvalue weighted by molar-refractivity contribution is 5.31. The van der Waals surface area contributed by atoms with Crippen LogP contribution in [0, 0.1) is 17.8 Å². The summed E-state index contributed by atoms with van der Waals surface area (Å²) in [6.45, 7) is 0. The second-order valence-electron chi connectivity index (χ2n) is 3.81. The zero-order chi connectivity index (χ0) is 6.06. The minimum atomic E-state index is 0.291. The van der Waals surface area contributed by atoms with Gasteiger partial charge in [-0.1, -0.05) is 12.2 Å². The highest BCUT2D eigenvalue weighted by Crippen LogP contribution is 2.64. The minimum Gasteiger partial charge on any atom is -0.324 e. The first kappa shape index (κ1) is 4.51. The molecule has 9 heavy (non-hydrogen) atoms. The van der Waals surface area contributed by atoms with E-state index in [1.807, 2.05) is 0 Å². The molecule has 1 nitrogen and oxygen atoms in total. The Morgan fingerprint density at radius 2 is 2.33 bits per heavy atom. The van der Waals surface area contributed by atoms with E-state index in [4.69, 9.17) is 5.73 Å². The van der Waals surface area contributed by atoms with E-state index in [0.717, 1.165) is 17.8 Å². The lowest BCUT2D eigenvalue weighted by atomic mass is 10.0. The van der Waals surface area contributed by atoms with E-state index in [-0.39, 0.29) is 0 Å². The lowest BCUT2D eigenvalue weighted by Crippen LogP contribution is -2.29. The van der Waals surface area contributed by atoms with Gasteiger partial charge in [0.25, 0.3) is 0 Å². The largest absolute Gasteiger partial charge is 0.324 e. The Labute approximate surface area is 54.9 Å². The summed E-state index contributed by atoms with van der Waals surface area (Å²) in [5, 5.41) is 0. The highest BCUT2D eigenvalue weighted by Gasteiger charge is 2.65. The van der Waals surface area contributed by atoms with Crippen LogP contribution in [0.3, 0.4) is 0 Å². The van der Waals surface area contributed by atoms with Crippen LogP contribution in [0.15, 0.2) is 12.2 Å². The quantitative estimate of drug-likeness (QED) is 0.474. The van der Waals surface area contributed by atoms with Crippen molar-refractivity contribution in [3.8, 4) is 0 Å². The van der Waals surface area contributed by atoms with Crippen LogP contribution in [0.4, 0.5) is 0 Å². The summed E-state index contributed by atoms with van der Waals surface area (Å²) >= 11 is 0. The molecular weight excluding hydrogens is 110 g/mol. The van der Waals surface area contributed by atoms with Gasteiger partial charge in [-0.2, -0.15) is 0 Å². The standard InChI is InChI=1S/C8H11N/c9-8-4-7(8)5-1-2-6(8)3-5/h1-2,5-7H,3-4,9H2. The molecule has 0 spiro atoms. The third-order valence-corrected chi connectivity index (χ3v) is 3.43. The lowest BCUT2D eigenvalue weighted by molar-refractivity contribution is 0.520. The second-order valence-corrected chi connectivity index (χ2v) is 3.81. The SMILES string of the molecule is NC12CC1C1C=CC2C1. The van der Waals surface area contributed by atoms with E-state index in [1.165, 1.54) is 12.8 Å². The molecule has 3 aliphatic carbocycles. The molecule has 0 aromatic rings. The maximum Gasteiger partial charge on any atom is 0.0256 e. The van der Waals surface area contributed by atoms with Gasteiger partial charge < -0.3 is 5.73 Å². The first-order valence-electron chi connectivity index (χ1n) is 3.78. The van der Waals surface area contributed by atoms with Crippen molar-refractivity contribution in [2.24, 2.45) is 23.5 Å². The number of rotatable bonds is 0. The van der Waals surface area contributed by atoms with Crippen LogP contribution >= 0.6 is 0 Å². The van der Waals surface area contributed by atoms with E-state index in [0.29, 0.717) is 5.54 Å². The first-order valence-corrected chi connectivity index (χ1v) is 3.78. The normalized spacial score (nSPS) is 66.6. The van der Waals surface area contributed by atoms with Gasteiger partial charge in [0, 0.05) is 5.54 Å². The Kier molecular flexibility index (Phi) is 0.495. The molecule has 3 aliphatic rings. The average Bonchev–Trinajstić information content (AvgIpc) is 2.34. The van der Waals surface area contributed by atoms with Gasteiger partial charge in [-0.05, 0) is 30.6 Å². The van der Waals surface area contributed by atoms with Crippen LogP contribution < -0.4 is 5.73 Å². The van der Waals surface area contributed by atoms with Crippen molar-refractivity contribution in [3.05, 3.63) is 12.2 Å². The Balaban J connectivity index is 2.12. The maximum atomic E-state index is 6.09. The molecule has 4 atom stereocenters. The summed E-state index contributed by atoms with van der Waals surface area (Å²) in [6, 6.07) is 0. The Morgan fingerprint density at radius 3 is 2.78 bits per heavy atom. The van der Waals surface area contributed by atoms with Gasteiger partial charge in [-0.15, -0.1) is 0 Å². The highest BCUT2D eigenvalue weighted by atomic mass is 14.9. The summed E-state index contributed by atoms with van der Waals surface area (Å²) in [4.78, 5) is 0. The van der Waals surface area contributed by atoms with E-state index < -0.39 is 0 Å². The van der Waals surface area contributed by atoms with Gasteiger partial charge in [0.15, 0.2) is 0 Å². The molecule has 2 fully saturated rings. The number of allylic oxidation sites excluding steroid dienone is 1. The molecule has 2 N–H and O–H groups in total. The van der Waals surface area contributed by atoms with Gasteiger partial charge in [-0.25, -0.2) is 0 Å². The number of nitrogens with two attached hydrogens (primary N) is 1. The van der Waals surface area contributed by atoms with Gasteiger partial charge >= 0.3 is 0 Å². The fourth-order valence-electron chi connectivity index (χ4n) is 2.72. The molecule has 0 aliphatic heterocycles. The van der Waals surface area contributed by atoms with Gasteiger partial charge in [0.2, 0.25) is 0 Å². The second kappa shape index (κ2) is 0.988. The Hall–Kier alpha value is -0.300. The molecule has 0 amide bonds. The number of hydrogen-bond donors (Lipinski definition) is 1. The fourth-order valence-corrected chi connectivity index (χ4v) is 2.72. The monoisotopic (exact) mass is 121 g/mol. The van der Waals surface area contributed by atoms with Crippen molar-refractivity contribution in [1.82, 2.24) is 0 Å². The van der Waals surface area contributed by atoms with Crippen molar-refractivity contribution in [2.75, 3.05) is 0 Å². The van der Waals surface area contributed by atoms with E-state index in [2.05, 4.69) is 12.2 Å². The van der Waals surface area contributed by atoms with Crippen LogP contribution in [0.25, 0.3) is 0 Å². The Bertz CT molecular complexity index is 197. The fraction of sp³-hybridized carbons (Fsp3) is 0.750. The third-order valence-electron chi connectivity index (χ3n) is 3.43. The number of hydrogen-bond acceptors (Lipinski definition) is 1. The predicted octanol–water partition coefficient (Wildman–Crippen LogP) is 0.910. The summed E-state index contributed by atoms with van der Waals surface area (Å²) in [6.07, 6.45) is 7.36. The van der Waals surface area contributed by atoms with Crippen LogP contribution in [0.2, 0.25) is 0 Å². The Morgan fingerprint density at radius 1 is 1.44 bits per heavy atom. The molecule has 1 heteroatoms. The van der Waals surface area contributed by atoms with Gasteiger partial charge in [-0.3, -0.25) is 0 Å². The lowest BCUT2D eigenvalue weighted by Gasteiger charge is -2.12. The van der Waals surface area contributed by atoms with Crippen LogP contribution in [-0.2, 0) is 0 Å². The molecule has 48 valence electrons. The number of fused-ring (bicyclic) bond motifs is 5. The van der Waals surface area contributed by atoms with E-state index >= 15 is 0 Å². The van der Waals surface area contributed by atoms with Crippen molar-refractivity contribution in [3.63, 3.8) is 0 Å². The smallest absolute Gasteiger partial charge is 0.0256 e. The van der Waals surface area contributed by atoms with Crippen molar-refractivity contribution in [2.45, 2.75) is 18.4 Å². The molecule has 0 radical (unpaired) electrons. The van der Waals surface area contributed by atoms with Crippen LogP contribution in [0.5, 0.6) is 0 Å². The molecule has 0 heterocycles. The molecule has 0 aromatic heterocycles. The van der Waals surface area contributed by atoms with E-state index in [9.17, 15) is 0 Å². The topological polar surface area (TPSA) is 26.0 Å². The zero-order valence-electron chi connectivity index (χ0n) is 5.38. The molecule has 0 saturated heterocycles. The molecule has 2 bridgehead atoms. The van der Waals surface area contributed by atoms with Gasteiger partial charge in [0.05, 0.1) is 0 Å². The van der Waals surface area contributed by atoms with Crippen LogP contribution in [0.1, 0.15) is 12.8 Å².